The number of amides is 1. The van der Waals surface area contributed by atoms with Gasteiger partial charge in [-0.3, -0.25) is 4.79 Å². The van der Waals surface area contributed by atoms with Gasteiger partial charge < -0.3 is 5.32 Å². The molecule has 3 rings (SSSR count). The number of benzene rings is 3. The van der Waals surface area contributed by atoms with Crippen molar-refractivity contribution < 1.29 is 21.6 Å². The zero-order chi connectivity index (χ0) is 28.4. The van der Waals surface area contributed by atoms with E-state index in [0.717, 1.165) is 25.3 Å². The first kappa shape index (κ1) is 29.5. The Morgan fingerprint density at radius 2 is 1.32 bits per heavy atom. The minimum absolute atomic E-state index is 0.00315. The van der Waals surface area contributed by atoms with Gasteiger partial charge in [0.15, 0.2) is 0 Å². The Kier molecular flexibility index (Phi) is 8.82. The quantitative estimate of drug-likeness (QED) is 0.422. The van der Waals surface area contributed by atoms with Crippen LogP contribution in [-0.2, 0) is 31.4 Å². The van der Waals surface area contributed by atoms with E-state index in [1.807, 2.05) is 50.2 Å². The molecule has 0 aliphatic carbocycles. The Labute approximate surface area is 226 Å². The normalized spacial score (nSPS) is 12.2. The van der Waals surface area contributed by atoms with Crippen LogP contribution in [0.2, 0.25) is 0 Å². The van der Waals surface area contributed by atoms with Gasteiger partial charge in [-0.25, -0.2) is 21.1 Å². The van der Waals surface area contributed by atoms with Crippen molar-refractivity contribution in [1.29, 1.82) is 0 Å². The average molecular weight is 558 g/mol. The third-order valence-electron chi connectivity index (χ3n) is 6.26. The van der Waals surface area contributed by atoms with Crippen LogP contribution < -0.4 is 5.32 Å². The first-order valence-corrected chi connectivity index (χ1v) is 15.0. The molecule has 0 saturated heterocycles. The molecule has 0 bridgehead atoms. The van der Waals surface area contributed by atoms with Crippen LogP contribution in [0.5, 0.6) is 0 Å². The van der Waals surface area contributed by atoms with Gasteiger partial charge in [0.1, 0.15) is 0 Å². The minimum Gasteiger partial charge on any atom is -0.325 e. The molecule has 0 aliphatic rings. The summed E-state index contributed by atoms with van der Waals surface area (Å²) >= 11 is 0. The Morgan fingerprint density at radius 1 is 0.737 bits per heavy atom. The maximum atomic E-state index is 13.9. The third kappa shape index (κ3) is 6.50. The molecule has 3 aromatic rings. The molecule has 0 radical (unpaired) electrons. The van der Waals surface area contributed by atoms with Crippen molar-refractivity contribution in [3.63, 3.8) is 0 Å². The molecule has 10 heteroatoms. The molecule has 0 fully saturated rings. The van der Waals surface area contributed by atoms with Gasteiger partial charge >= 0.3 is 0 Å². The van der Waals surface area contributed by atoms with Crippen LogP contribution in [0.1, 0.15) is 33.4 Å². The molecule has 0 spiro atoms. The van der Waals surface area contributed by atoms with Gasteiger partial charge in [0, 0.05) is 26.3 Å². The van der Waals surface area contributed by atoms with E-state index in [4.69, 9.17) is 0 Å². The van der Waals surface area contributed by atoms with Crippen LogP contribution in [-0.4, -0.2) is 52.0 Å². The monoisotopic (exact) mass is 557 g/mol. The van der Waals surface area contributed by atoms with Crippen molar-refractivity contribution in [3.05, 3.63) is 88.0 Å². The molecule has 0 saturated carbocycles. The summed E-state index contributed by atoms with van der Waals surface area (Å²) in [6.07, 6.45) is 0. The van der Waals surface area contributed by atoms with E-state index in [9.17, 15) is 21.6 Å². The molecule has 3 aromatic carbocycles. The molecule has 1 amide bonds. The molecule has 0 unspecified atom stereocenters. The van der Waals surface area contributed by atoms with Crippen LogP contribution in [0, 0.1) is 34.6 Å². The number of hydrogen-bond acceptors (Lipinski definition) is 5. The second-order valence-corrected chi connectivity index (χ2v) is 13.8. The van der Waals surface area contributed by atoms with E-state index < -0.39 is 32.5 Å². The fourth-order valence-corrected chi connectivity index (χ4v) is 7.01. The van der Waals surface area contributed by atoms with Crippen molar-refractivity contribution in [2.75, 3.05) is 26.0 Å². The first-order chi connectivity index (χ1) is 17.6. The predicted molar refractivity (Wildman–Crippen MR) is 150 cm³/mol. The number of sulfonamides is 2. The fourth-order valence-electron chi connectivity index (χ4n) is 4.28. The van der Waals surface area contributed by atoms with Crippen LogP contribution in [0.15, 0.2) is 64.4 Å². The highest BCUT2D eigenvalue weighted by atomic mass is 32.2. The summed E-state index contributed by atoms with van der Waals surface area (Å²) in [6, 6.07) is 15.5. The number of hydrogen-bond donors (Lipinski definition) is 1. The number of nitrogens with one attached hydrogen (secondary N) is 1. The first-order valence-electron chi connectivity index (χ1n) is 12.1. The summed E-state index contributed by atoms with van der Waals surface area (Å²) in [5, 5.41) is 2.72. The molecule has 0 heterocycles. The van der Waals surface area contributed by atoms with E-state index in [2.05, 4.69) is 5.32 Å². The van der Waals surface area contributed by atoms with Crippen LogP contribution in [0.25, 0.3) is 0 Å². The topological polar surface area (TPSA) is 104 Å². The third-order valence-corrected chi connectivity index (χ3v) is 10.2. The Balaban J connectivity index is 1.99. The van der Waals surface area contributed by atoms with Gasteiger partial charge in [-0.1, -0.05) is 53.6 Å². The summed E-state index contributed by atoms with van der Waals surface area (Å²) < 4.78 is 55.3. The van der Waals surface area contributed by atoms with E-state index in [0.29, 0.717) is 22.4 Å². The summed E-state index contributed by atoms with van der Waals surface area (Å²) in [7, 11) is -4.92. The highest BCUT2D eigenvalue weighted by Gasteiger charge is 2.30. The predicted octanol–water partition coefficient (Wildman–Crippen LogP) is 4.31. The Bertz CT molecular complexity index is 1540. The Hall–Kier alpha value is -3.05. The fraction of sp³-hybridized carbons (Fsp3) is 0.321. The van der Waals surface area contributed by atoms with Crippen molar-refractivity contribution in [1.82, 2.24) is 8.61 Å². The van der Waals surface area contributed by atoms with Crippen molar-refractivity contribution in [2.24, 2.45) is 0 Å². The zero-order valence-electron chi connectivity index (χ0n) is 22.9. The molecule has 1 N–H and O–H groups in total. The summed E-state index contributed by atoms with van der Waals surface area (Å²) in [5.74, 6) is -0.578. The number of rotatable bonds is 9. The Morgan fingerprint density at radius 3 is 1.87 bits per heavy atom. The molecular formula is C28H35N3O5S2. The van der Waals surface area contributed by atoms with Crippen LogP contribution in [0.4, 0.5) is 5.69 Å². The molecule has 38 heavy (non-hydrogen) atoms. The van der Waals surface area contributed by atoms with E-state index in [-0.39, 0.29) is 16.3 Å². The highest BCUT2D eigenvalue weighted by molar-refractivity contribution is 7.89. The molecule has 0 atom stereocenters. The highest BCUT2D eigenvalue weighted by Crippen LogP contribution is 2.27. The second kappa shape index (κ2) is 11.4. The molecular weight excluding hydrogens is 522 g/mol. The van der Waals surface area contributed by atoms with E-state index in [1.54, 1.807) is 26.8 Å². The lowest BCUT2D eigenvalue weighted by molar-refractivity contribution is -0.116. The SMILES string of the molecule is Cc1ccc(CN(CC(=O)Nc2cc(S(=O)(=O)N(C)C)ccc2C)S(=O)(=O)c2c(C)cc(C)cc2C)cc1. The summed E-state index contributed by atoms with van der Waals surface area (Å²) in [6.45, 7) is 8.62. The van der Waals surface area contributed by atoms with Gasteiger partial charge in [-0.2, -0.15) is 4.31 Å². The van der Waals surface area contributed by atoms with Gasteiger partial charge in [0.05, 0.1) is 16.3 Å². The standard InChI is InChI=1S/C28H35N3O5S2/c1-19-8-11-24(12-9-19)17-31(38(35,36)28-22(4)14-20(2)15-23(28)5)18-27(32)29-26-16-25(13-10-21(26)3)37(33,34)30(6)7/h8-16H,17-18H2,1-7H3,(H,29,32). The summed E-state index contributed by atoms with van der Waals surface area (Å²) in [4.78, 5) is 13.4. The largest absolute Gasteiger partial charge is 0.325 e. The van der Waals surface area contributed by atoms with Crippen LogP contribution >= 0.6 is 0 Å². The lowest BCUT2D eigenvalue weighted by atomic mass is 10.1. The lowest BCUT2D eigenvalue weighted by Crippen LogP contribution is -2.38. The smallest absolute Gasteiger partial charge is 0.244 e. The second-order valence-electron chi connectivity index (χ2n) is 9.80. The number of carbonyl (C=O) groups excluding carboxylic acids is 1. The molecule has 0 aromatic heterocycles. The maximum Gasteiger partial charge on any atom is 0.244 e. The maximum absolute atomic E-state index is 13.9. The average Bonchev–Trinajstić information content (AvgIpc) is 2.80. The molecule has 8 nitrogen and oxygen atoms in total. The summed E-state index contributed by atoms with van der Waals surface area (Å²) in [5.41, 5.74) is 4.88. The van der Waals surface area contributed by atoms with Crippen LogP contribution in [0.3, 0.4) is 0 Å². The van der Waals surface area contributed by atoms with Crippen molar-refractivity contribution >= 4 is 31.6 Å². The van der Waals surface area contributed by atoms with Gasteiger partial charge in [-0.15, -0.1) is 0 Å². The molecule has 0 aliphatic heterocycles. The van der Waals surface area contributed by atoms with Gasteiger partial charge in [0.25, 0.3) is 0 Å². The van der Waals surface area contributed by atoms with Crippen molar-refractivity contribution in [2.45, 2.75) is 51.0 Å². The van der Waals surface area contributed by atoms with Gasteiger partial charge in [0.2, 0.25) is 26.0 Å². The van der Waals surface area contributed by atoms with E-state index in [1.165, 1.54) is 26.2 Å². The number of aryl methyl sites for hydroxylation is 5. The number of nitrogens with zero attached hydrogens (tertiary/aromatic N) is 2. The zero-order valence-corrected chi connectivity index (χ0v) is 24.5. The van der Waals surface area contributed by atoms with Gasteiger partial charge in [-0.05, 0) is 69.0 Å². The number of anilines is 1. The van der Waals surface area contributed by atoms with E-state index >= 15 is 0 Å². The lowest BCUT2D eigenvalue weighted by Gasteiger charge is -2.24. The number of carbonyl (C=O) groups is 1. The minimum atomic E-state index is -4.06. The van der Waals surface area contributed by atoms with Crippen molar-refractivity contribution in [3.8, 4) is 0 Å². The molecule has 204 valence electrons.